The van der Waals surface area contributed by atoms with Crippen molar-refractivity contribution in [3.05, 3.63) is 66.4 Å². The van der Waals surface area contributed by atoms with Gasteiger partial charge in [0, 0.05) is 11.1 Å². The van der Waals surface area contributed by atoms with Crippen molar-refractivity contribution in [3.63, 3.8) is 0 Å². The van der Waals surface area contributed by atoms with Crippen molar-refractivity contribution in [2.45, 2.75) is 11.5 Å². The molecule has 0 unspecified atom stereocenters. The standard InChI is InChI=1S/C19H16N4O3S/c1-24-15-9-5-8-14(10-15)19-21-17(26-23-19)12-27-11-16-20-18(22-25-16)13-6-3-2-4-7-13/h2-10H,11-12H2,1H3. The summed E-state index contributed by atoms with van der Waals surface area (Å²) in [7, 11) is 1.62. The van der Waals surface area contributed by atoms with Gasteiger partial charge < -0.3 is 13.8 Å². The van der Waals surface area contributed by atoms with E-state index in [0.29, 0.717) is 34.9 Å². The number of nitrogens with zero attached hydrogens (tertiary/aromatic N) is 4. The van der Waals surface area contributed by atoms with Crippen LogP contribution in [0, 0.1) is 0 Å². The summed E-state index contributed by atoms with van der Waals surface area (Å²) < 4.78 is 15.8. The van der Waals surface area contributed by atoms with Gasteiger partial charge in [-0.15, -0.1) is 11.8 Å². The zero-order chi connectivity index (χ0) is 18.5. The first-order valence-corrected chi connectivity index (χ1v) is 9.40. The smallest absolute Gasteiger partial charge is 0.236 e. The number of benzene rings is 2. The van der Waals surface area contributed by atoms with Gasteiger partial charge >= 0.3 is 0 Å². The summed E-state index contributed by atoms with van der Waals surface area (Å²) in [6.07, 6.45) is 0. The molecule has 0 bridgehead atoms. The molecule has 27 heavy (non-hydrogen) atoms. The van der Waals surface area contributed by atoms with Crippen molar-refractivity contribution >= 4 is 11.8 Å². The molecule has 4 rings (SSSR count). The monoisotopic (exact) mass is 380 g/mol. The lowest BCUT2D eigenvalue weighted by Crippen LogP contribution is -1.87. The van der Waals surface area contributed by atoms with Gasteiger partial charge in [0.05, 0.1) is 18.6 Å². The molecule has 0 aliphatic heterocycles. The summed E-state index contributed by atoms with van der Waals surface area (Å²) in [6, 6.07) is 17.3. The summed E-state index contributed by atoms with van der Waals surface area (Å²) in [6.45, 7) is 0. The normalized spacial score (nSPS) is 10.9. The van der Waals surface area contributed by atoms with Gasteiger partial charge in [0.15, 0.2) is 0 Å². The van der Waals surface area contributed by atoms with Crippen LogP contribution in [0.15, 0.2) is 63.6 Å². The molecule has 0 saturated carbocycles. The van der Waals surface area contributed by atoms with Gasteiger partial charge in [-0.25, -0.2) is 0 Å². The van der Waals surface area contributed by atoms with Crippen LogP contribution in [0.5, 0.6) is 5.75 Å². The molecule has 2 aromatic heterocycles. The Labute approximate surface area is 159 Å². The van der Waals surface area contributed by atoms with Crippen molar-refractivity contribution in [3.8, 4) is 28.5 Å². The third-order valence-corrected chi connectivity index (χ3v) is 4.65. The van der Waals surface area contributed by atoms with E-state index in [1.54, 1.807) is 18.9 Å². The lowest BCUT2D eigenvalue weighted by atomic mass is 10.2. The van der Waals surface area contributed by atoms with E-state index < -0.39 is 0 Å². The molecule has 7 nitrogen and oxygen atoms in total. The van der Waals surface area contributed by atoms with Crippen LogP contribution in [0.25, 0.3) is 22.8 Å². The van der Waals surface area contributed by atoms with Gasteiger partial charge in [-0.2, -0.15) is 9.97 Å². The largest absolute Gasteiger partial charge is 0.497 e. The molecule has 0 aliphatic rings. The molecule has 2 aromatic carbocycles. The number of aromatic nitrogens is 4. The molecule has 0 radical (unpaired) electrons. The molecular weight excluding hydrogens is 364 g/mol. The van der Waals surface area contributed by atoms with E-state index in [1.165, 1.54) is 0 Å². The topological polar surface area (TPSA) is 87.1 Å². The van der Waals surface area contributed by atoms with Gasteiger partial charge in [-0.3, -0.25) is 0 Å². The average Bonchev–Trinajstić information content (AvgIpc) is 3.39. The van der Waals surface area contributed by atoms with E-state index in [4.69, 9.17) is 13.8 Å². The van der Waals surface area contributed by atoms with E-state index in [2.05, 4.69) is 20.3 Å². The van der Waals surface area contributed by atoms with Gasteiger partial charge in [0.1, 0.15) is 5.75 Å². The van der Waals surface area contributed by atoms with Crippen LogP contribution in [0.2, 0.25) is 0 Å². The highest BCUT2D eigenvalue weighted by Gasteiger charge is 2.12. The second kappa shape index (κ2) is 8.05. The van der Waals surface area contributed by atoms with Gasteiger partial charge in [-0.05, 0) is 12.1 Å². The predicted molar refractivity (Wildman–Crippen MR) is 101 cm³/mol. The Bertz CT molecular complexity index is 1020. The second-order valence-electron chi connectivity index (χ2n) is 5.61. The Hall–Kier alpha value is -3.13. The molecule has 4 aromatic rings. The molecule has 0 saturated heterocycles. The van der Waals surface area contributed by atoms with E-state index in [9.17, 15) is 0 Å². The Kier molecular flexibility index (Phi) is 5.15. The van der Waals surface area contributed by atoms with Gasteiger partial charge in [0.2, 0.25) is 23.4 Å². The van der Waals surface area contributed by atoms with Crippen LogP contribution in [0.1, 0.15) is 11.8 Å². The van der Waals surface area contributed by atoms with Crippen LogP contribution in [0.3, 0.4) is 0 Å². The van der Waals surface area contributed by atoms with Gasteiger partial charge in [-0.1, -0.05) is 52.8 Å². The molecule has 136 valence electrons. The SMILES string of the molecule is COc1cccc(-c2noc(CSCc3nc(-c4ccccc4)no3)n2)c1. The number of hydrogen-bond donors (Lipinski definition) is 0. The number of hydrogen-bond acceptors (Lipinski definition) is 8. The molecular formula is C19H16N4O3S. The minimum atomic E-state index is 0.536. The predicted octanol–water partition coefficient (Wildman–Crippen LogP) is 4.23. The Morgan fingerprint density at radius 3 is 2.11 bits per heavy atom. The van der Waals surface area contributed by atoms with Crippen LogP contribution in [0.4, 0.5) is 0 Å². The fourth-order valence-electron chi connectivity index (χ4n) is 2.44. The van der Waals surface area contributed by atoms with Crippen molar-refractivity contribution < 1.29 is 13.8 Å². The van der Waals surface area contributed by atoms with E-state index >= 15 is 0 Å². The number of thioether (sulfide) groups is 1. The number of rotatable bonds is 7. The van der Waals surface area contributed by atoms with Crippen molar-refractivity contribution in [1.29, 1.82) is 0 Å². The Morgan fingerprint density at radius 2 is 1.44 bits per heavy atom. The molecule has 8 heteroatoms. The molecule has 0 atom stereocenters. The van der Waals surface area contributed by atoms with Crippen LogP contribution < -0.4 is 4.74 Å². The molecule has 2 heterocycles. The summed E-state index contributed by atoms with van der Waals surface area (Å²) in [5.74, 6) is 4.10. The summed E-state index contributed by atoms with van der Waals surface area (Å²) >= 11 is 1.57. The minimum absolute atomic E-state index is 0.536. The molecule has 0 N–H and O–H groups in total. The summed E-state index contributed by atoms with van der Waals surface area (Å²) in [5, 5.41) is 8.03. The van der Waals surface area contributed by atoms with E-state index in [-0.39, 0.29) is 0 Å². The minimum Gasteiger partial charge on any atom is -0.497 e. The van der Waals surface area contributed by atoms with Crippen molar-refractivity contribution in [1.82, 2.24) is 20.3 Å². The van der Waals surface area contributed by atoms with Crippen molar-refractivity contribution in [2.75, 3.05) is 7.11 Å². The van der Waals surface area contributed by atoms with Crippen LogP contribution in [-0.4, -0.2) is 27.4 Å². The molecule has 0 amide bonds. The number of methoxy groups -OCH3 is 1. The fraction of sp³-hybridized carbons (Fsp3) is 0.158. The lowest BCUT2D eigenvalue weighted by Gasteiger charge is -1.99. The highest BCUT2D eigenvalue weighted by atomic mass is 32.2. The highest BCUT2D eigenvalue weighted by Crippen LogP contribution is 2.23. The molecule has 0 spiro atoms. The van der Waals surface area contributed by atoms with E-state index in [0.717, 1.165) is 16.9 Å². The zero-order valence-corrected chi connectivity index (χ0v) is 15.3. The third-order valence-electron chi connectivity index (χ3n) is 3.75. The summed E-state index contributed by atoms with van der Waals surface area (Å²) in [5.41, 5.74) is 1.77. The van der Waals surface area contributed by atoms with Crippen LogP contribution >= 0.6 is 11.8 Å². The maximum Gasteiger partial charge on any atom is 0.236 e. The first kappa shape index (κ1) is 17.3. The fourth-order valence-corrected chi connectivity index (χ4v) is 3.12. The zero-order valence-electron chi connectivity index (χ0n) is 14.5. The average molecular weight is 380 g/mol. The van der Waals surface area contributed by atoms with Crippen molar-refractivity contribution in [2.24, 2.45) is 0 Å². The maximum absolute atomic E-state index is 5.32. The quantitative estimate of drug-likeness (QED) is 0.471. The lowest BCUT2D eigenvalue weighted by molar-refractivity contribution is 0.389. The van der Waals surface area contributed by atoms with E-state index in [1.807, 2.05) is 54.6 Å². The Morgan fingerprint density at radius 1 is 0.815 bits per heavy atom. The first-order chi connectivity index (χ1) is 13.3. The molecule has 0 fully saturated rings. The van der Waals surface area contributed by atoms with Gasteiger partial charge in [0.25, 0.3) is 0 Å². The highest BCUT2D eigenvalue weighted by molar-refractivity contribution is 7.97. The summed E-state index contributed by atoms with van der Waals surface area (Å²) in [4.78, 5) is 8.82. The van der Waals surface area contributed by atoms with Crippen LogP contribution in [-0.2, 0) is 11.5 Å². The number of ether oxygens (including phenoxy) is 1. The first-order valence-electron chi connectivity index (χ1n) is 8.24. The third kappa shape index (κ3) is 4.17. The maximum atomic E-state index is 5.32. The Balaban J connectivity index is 1.35. The second-order valence-corrected chi connectivity index (χ2v) is 6.60. The molecule has 0 aliphatic carbocycles.